The summed E-state index contributed by atoms with van der Waals surface area (Å²) in [6.07, 6.45) is -10.7. The van der Waals surface area contributed by atoms with Crippen LogP contribution in [0.25, 0.3) is 111 Å². The average molecular weight is 1050 g/mol. The van der Waals surface area contributed by atoms with Gasteiger partial charge in [0.05, 0.1) is 103 Å². The zero-order valence-corrected chi connectivity index (χ0v) is 41.5. The van der Waals surface area contributed by atoms with Gasteiger partial charge in [0.25, 0.3) is 0 Å². The van der Waals surface area contributed by atoms with Crippen molar-refractivity contribution in [2.75, 3.05) is 0 Å². The van der Waals surface area contributed by atoms with Crippen LogP contribution in [0.3, 0.4) is 0 Å². The van der Waals surface area contributed by atoms with Gasteiger partial charge in [-0.2, -0.15) is 52.7 Å². The number of aromatic nitrogens is 2. The fourth-order valence-electron chi connectivity index (χ4n) is 11.1. The molecule has 378 valence electrons. The van der Waals surface area contributed by atoms with Crippen molar-refractivity contribution >= 4 is 43.6 Å². The molecule has 0 aliphatic rings. The number of nitrogens with zero attached hydrogens (tertiary/aromatic N) is 7. The lowest BCUT2D eigenvalue weighted by molar-refractivity contribution is -0.142. The van der Waals surface area contributed by atoms with Crippen molar-refractivity contribution in [1.82, 2.24) is 9.13 Å². The van der Waals surface area contributed by atoms with E-state index in [0.29, 0.717) is 123 Å². The Kier molecular flexibility index (Phi) is 11.9. The molecule has 12 aromatic rings. The molecule has 0 spiro atoms. The molecule has 10 aromatic carbocycles. The van der Waals surface area contributed by atoms with Gasteiger partial charge in [0.2, 0.25) is 0 Å². The molecule has 0 N–H and O–H groups in total. The molecule has 2 aromatic heterocycles. The quantitative estimate of drug-likeness (QED) is 0.147. The average Bonchev–Trinajstić information content (AvgIpc) is 3.28. The molecule has 0 saturated carbocycles. The molecule has 0 unspecified atom stereocenters. The molecule has 0 amide bonds. The number of rotatable bonds is 7. The summed E-state index contributed by atoms with van der Waals surface area (Å²) in [4.78, 5) is 0. The molecule has 7 nitrogen and oxygen atoms in total. The molecule has 12 rings (SSSR count). The van der Waals surface area contributed by atoms with Gasteiger partial charge in [0.15, 0.2) is 0 Å². The number of nitriles is 5. The smallest absolute Gasteiger partial charge is 0.308 e. The van der Waals surface area contributed by atoms with E-state index in [4.69, 9.17) is 0 Å². The van der Waals surface area contributed by atoms with Gasteiger partial charge in [-0.3, -0.25) is 0 Å². The second-order valence-electron chi connectivity index (χ2n) is 19.0. The minimum Gasteiger partial charge on any atom is -0.308 e. The summed E-state index contributed by atoms with van der Waals surface area (Å²) in [5, 5.41) is 53.8. The Morgan fingerprint density at radius 1 is 0.300 bits per heavy atom. The van der Waals surface area contributed by atoms with Crippen molar-refractivity contribution in [3.05, 3.63) is 239 Å². The monoisotopic (exact) mass is 1050 g/mol. The van der Waals surface area contributed by atoms with Gasteiger partial charge in [-0.1, -0.05) is 103 Å². The van der Waals surface area contributed by atoms with E-state index < -0.39 is 34.6 Å². The molecule has 2 heterocycles. The van der Waals surface area contributed by atoms with Crippen LogP contribution in [0.2, 0.25) is 0 Å². The Hall–Kier alpha value is -11.2. The van der Waals surface area contributed by atoms with Gasteiger partial charge < -0.3 is 9.13 Å². The number of benzene rings is 10. The topological polar surface area (TPSA) is 129 Å². The molecular formula is C67H33F6N7. The molecule has 0 aliphatic heterocycles. The lowest BCUT2D eigenvalue weighted by atomic mass is 9.89. The van der Waals surface area contributed by atoms with Crippen molar-refractivity contribution in [3.8, 4) is 97.4 Å². The second-order valence-corrected chi connectivity index (χ2v) is 19.0. The van der Waals surface area contributed by atoms with Gasteiger partial charge >= 0.3 is 12.4 Å². The molecule has 0 saturated heterocycles. The van der Waals surface area contributed by atoms with Gasteiger partial charge in [0, 0.05) is 32.7 Å². The molecule has 0 fully saturated rings. The highest BCUT2D eigenvalue weighted by Crippen LogP contribution is 2.51. The van der Waals surface area contributed by atoms with Crippen molar-refractivity contribution in [2.45, 2.75) is 12.4 Å². The second kappa shape index (κ2) is 19.1. The lowest BCUT2D eigenvalue weighted by Crippen LogP contribution is -2.16. The summed E-state index contributed by atoms with van der Waals surface area (Å²) in [6, 6.07) is 64.1. The fourth-order valence-corrected chi connectivity index (χ4v) is 11.1. The summed E-state index contributed by atoms with van der Waals surface area (Å²) in [5.74, 6) is 0. The lowest BCUT2D eigenvalue weighted by Gasteiger charge is -2.25. The summed E-state index contributed by atoms with van der Waals surface area (Å²) in [5.41, 5.74) is 1.94. The zero-order valence-electron chi connectivity index (χ0n) is 41.5. The Bertz CT molecular complexity index is 4310. The highest BCUT2D eigenvalue weighted by Gasteiger charge is 2.43. The Labute approximate surface area is 452 Å². The van der Waals surface area contributed by atoms with E-state index in [-0.39, 0.29) is 16.9 Å². The molecule has 0 bridgehead atoms. The molecule has 80 heavy (non-hydrogen) atoms. The number of alkyl halides is 6. The van der Waals surface area contributed by atoms with Crippen LogP contribution >= 0.6 is 0 Å². The number of fused-ring (bicyclic) bond motifs is 6. The van der Waals surface area contributed by atoms with Crippen LogP contribution in [0.4, 0.5) is 26.3 Å². The summed E-state index contributed by atoms with van der Waals surface area (Å²) >= 11 is 0. The van der Waals surface area contributed by atoms with Crippen LogP contribution < -0.4 is 0 Å². The maximum absolute atomic E-state index is 16.0. The number of halogens is 6. The van der Waals surface area contributed by atoms with Crippen molar-refractivity contribution in [3.63, 3.8) is 0 Å². The van der Waals surface area contributed by atoms with Crippen LogP contribution in [0, 0.1) is 56.7 Å². The minimum absolute atomic E-state index is 0.111. The Morgan fingerprint density at radius 2 is 0.588 bits per heavy atom. The van der Waals surface area contributed by atoms with Crippen molar-refractivity contribution < 1.29 is 26.3 Å². The van der Waals surface area contributed by atoms with Crippen LogP contribution in [0.15, 0.2) is 200 Å². The van der Waals surface area contributed by atoms with E-state index in [1.165, 1.54) is 12.1 Å². The summed E-state index contributed by atoms with van der Waals surface area (Å²) < 4.78 is 98.9. The molecule has 13 heteroatoms. The highest BCUT2D eigenvalue weighted by atomic mass is 19.4. The first-order chi connectivity index (χ1) is 38.7. The van der Waals surface area contributed by atoms with E-state index in [2.05, 4.69) is 30.3 Å². The largest absolute Gasteiger partial charge is 0.417 e. The van der Waals surface area contributed by atoms with Gasteiger partial charge in [-0.05, 0) is 142 Å². The molecule has 0 atom stereocenters. The standard InChI is InChI=1S/C67H33F6N7/c68-66(69,70)56-18-9-19-57(67(71,72)73)64(56)65-62(79-58-24-20-40(48-14-5-1-10-44(48)35-75)30-52(58)53-31-41(21-25-59(53)79)49-15-6-2-11-45(49)36-76)28-39(34-74)29-63(65)80-60-26-22-42(50-16-7-3-12-46(50)37-77)32-54(60)55-33-43(23-27-61(55)80)51-17-8-4-13-47(51)38-78/h1-33H. The minimum atomic E-state index is -5.36. The summed E-state index contributed by atoms with van der Waals surface area (Å²) in [7, 11) is 0. The SMILES string of the molecule is N#Cc1cc(-n2c3ccc(-c4ccccc4C#N)cc3c3cc(-c4ccccc4C#N)ccc32)c(-c2c(C(F)(F)F)cccc2C(F)(F)F)c(-n2c3ccc(-c4ccccc4C#N)cc3c3cc(-c4ccccc4C#N)ccc32)c1. The molecular weight excluding hydrogens is 1020 g/mol. The third-order valence-corrected chi connectivity index (χ3v) is 14.6. The number of hydrogen-bond donors (Lipinski definition) is 0. The van der Waals surface area contributed by atoms with E-state index in [0.717, 1.165) is 6.07 Å². The zero-order chi connectivity index (χ0) is 55.6. The van der Waals surface area contributed by atoms with Crippen LogP contribution in [0.1, 0.15) is 38.9 Å². The number of hydrogen-bond acceptors (Lipinski definition) is 5. The first-order valence-corrected chi connectivity index (χ1v) is 24.8. The molecule has 0 radical (unpaired) electrons. The molecule has 0 aliphatic carbocycles. The van der Waals surface area contributed by atoms with Crippen LogP contribution in [0.5, 0.6) is 0 Å². The van der Waals surface area contributed by atoms with E-state index >= 15 is 26.3 Å². The van der Waals surface area contributed by atoms with E-state index in [9.17, 15) is 26.3 Å². The van der Waals surface area contributed by atoms with E-state index in [1.807, 2.05) is 0 Å². The van der Waals surface area contributed by atoms with E-state index in [1.54, 1.807) is 179 Å². The Balaban J connectivity index is 1.28. The van der Waals surface area contributed by atoms with Gasteiger partial charge in [0.1, 0.15) is 0 Å². The maximum Gasteiger partial charge on any atom is 0.417 e. The predicted octanol–water partition coefficient (Wildman–Crippen LogP) is 17.6. The third-order valence-electron chi connectivity index (χ3n) is 14.6. The fraction of sp³-hybridized carbons (Fsp3) is 0.0299. The normalized spacial score (nSPS) is 11.6. The maximum atomic E-state index is 16.0. The van der Waals surface area contributed by atoms with Gasteiger partial charge in [-0.25, -0.2) is 0 Å². The summed E-state index contributed by atoms with van der Waals surface area (Å²) in [6.45, 7) is 0. The Morgan fingerprint density at radius 3 is 0.850 bits per heavy atom. The van der Waals surface area contributed by atoms with Crippen LogP contribution in [-0.2, 0) is 12.4 Å². The first kappa shape index (κ1) is 49.7. The first-order valence-electron chi connectivity index (χ1n) is 24.8. The third kappa shape index (κ3) is 8.12. The van der Waals surface area contributed by atoms with Crippen LogP contribution in [-0.4, -0.2) is 9.13 Å². The van der Waals surface area contributed by atoms with Crippen molar-refractivity contribution in [2.24, 2.45) is 0 Å². The predicted molar refractivity (Wildman–Crippen MR) is 296 cm³/mol. The van der Waals surface area contributed by atoms with Crippen molar-refractivity contribution in [1.29, 1.82) is 26.3 Å². The highest BCUT2D eigenvalue weighted by molar-refractivity contribution is 6.15. The van der Waals surface area contributed by atoms with Gasteiger partial charge in [-0.15, -0.1) is 0 Å².